The monoisotopic (exact) mass is 261 g/mol. The third-order valence-electron chi connectivity index (χ3n) is 3.34. The molecular formula is C18H15NO. The molecule has 0 N–H and O–H groups in total. The molecule has 98 valence electrons. The van der Waals surface area contributed by atoms with Gasteiger partial charge in [-0.2, -0.15) is 0 Å². The molecule has 20 heavy (non-hydrogen) atoms. The van der Waals surface area contributed by atoms with Gasteiger partial charge >= 0.3 is 0 Å². The Morgan fingerprint density at radius 1 is 0.800 bits per heavy atom. The van der Waals surface area contributed by atoms with Crippen LogP contribution in [0.1, 0.15) is 6.92 Å². The van der Waals surface area contributed by atoms with Gasteiger partial charge in [0.05, 0.1) is 5.69 Å². The summed E-state index contributed by atoms with van der Waals surface area (Å²) in [5.41, 5.74) is 1.80. The van der Waals surface area contributed by atoms with Gasteiger partial charge in [0.2, 0.25) is 5.91 Å². The molecule has 0 saturated heterocycles. The molecule has 0 saturated carbocycles. The SMILES string of the molecule is CC(=O)N(c1ccccc1)c1cccc2ccccc12. The van der Waals surface area contributed by atoms with E-state index < -0.39 is 0 Å². The van der Waals surface area contributed by atoms with E-state index in [1.165, 1.54) is 0 Å². The van der Waals surface area contributed by atoms with E-state index in [1.54, 1.807) is 11.8 Å². The highest BCUT2D eigenvalue weighted by Gasteiger charge is 2.15. The van der Waals surface area contributed by atoms with Crippen LogP contribution in [0.2, 0.25) is 0 Å². The number of carbonyl (C=O) groups is 1. The molecule has 2 heteroatoms. The Hall–Kier alpha value is -2.61. The van der Waals surface area contributed by atoms with Crippen LogP contribution in [0.5, 0.6) is 0 Å². The lowest BCUT2D eigenvalue weighted by Crippen LogP contribution is -2.22. The maximum Gasteiger partial charge on any atom is 0.228 e. The fourth-order valence-electron chi connectivity index (χ4n) is 2.47. The molecule has 0 spiro atoms. The molecule has 0 fully saturated rings. The van der Waals surface area contributed by atoms with Crippen LogP contribution in [-0.2, 0) is 4.79 Å². The zero-order chi connectivity index (χ0) is 13.9. The van der Waals surface area contributed by atoms with Crippen molar-refractivity contribution >= 4 is 28.1 Å². The number of rotatable bonds is 2. The number of hydrogen-bond acceptors (Lipinski definition) is 1. The van der Waals surface area contributed by atoms with Gasteiger partial charge in [0.1, 0.15) is 0 Å². The van der Waals surface area contributed by atoms with Crippen LogP contribution >= 0.6 is 0 Å². The summed E-state index contributed by atoms with van der Waals surface area (Å²) < 4.78 is 0. The second-order valence-corrected chi connectivity index (χ2v) is 4.69. The van der Waals surface area contributed by atoms with Crippen molar-refractivity contribution in [1.29, 1.82) is 0 Å². The number of amides is 1. The van der Waals surface area contributed by atoms with E-state index in [0.29, 0.717) is 0 Å². The first-order chi connectivity index (χ1) is 9.77. The fraction of sp³-hybridized carbons (Fsp3) is 0.0556. The van der Waals surface area contributed by atoms with Gasteiger partial charge < -0.3 is 0 Å². The number of fused-ring (bicyclic) bond motifs is 1. The quantitative estimate of drug-likeness (QED) is 0.664. The van der Waals surface area contributed by atoms with Crippen molar-refractivity contribution in [3.63, 3.8) is 0 Å². The van der Waals surface area contributed by atoms with E-state index in [2.05, 4.69) is 12.1 Å². The first-order valence-corrected chi connectivity index (χ1v) is 6.61. The van der Waals surface area contributed by atoms with E-state index in [0.717, 1.165) is 22.1 Å². The smallest absolute Gasteiger partial charge is 0.228 e. The minimum absolute atomic E-state index is 0.00699. The molecule has 3 rings (SSSR count). The van der Waals surface area contributed by atoms with Crippen LogP contribution in [0.15, 0.2) is 72.8 Å². The summed E-state index contributed by atoms with van der Waals surface area (Å²) in [4.78, 5) is 13.9. The largest absolute Gasteiger partial charge is 0.281 e. The number of para-hydroxylation sites is 1. The van der Waals surface area contributed by atoms with Gasteiger partial charge in [-0.05, 0) is 23.6 Å². The zero-order valence-corrected chi connectivity index (χ0v) is 11.3. The molecule has 3 aromatic rings. The number of benzene rings is 3. The molecular weight excluding hydrogens is 246 g/mol. The number of anilines is 2. The molecule has 0 bridgehead atoms. The molecule has 0 radical (unpaired) electrons. The third-order valence-corrected chi connectivity index (χ3v) is 3.34. The number of carbonyl (C=O) groups excluding carboxylic acids is 1. The standard InChI is InChI=1S/C18H15NO/c1-14(20)19(16-10-3-2-4-11-16)18-13-7-9-15-8-5-6-12-17(15)18/h2-13H,1H3. The Kier molecular flexibility index (Phi) is 3.21. The molecule has 2 nitrogen and oxygen atoms in total. The Morgan fingerprint density at radius 3 is 2.20 bits per heavy atom. The van der Waals surface area contributed by atoms with Crippen LogP contribution in [0.25, 0.3) is 10.8 Å². The summed E-state index contributed by atoms with van der Waals surface area (Å²) in [7, 11) is 0. The van der Waals surface area contributed by atoms with E-state index in [-0.39, 0.29) is 5.91 Å². The minimum Gasteiger partial charge on any atom is -0.281 e. The Morgan fingerprint density at radius 2 is 1.45 bits per heavy atom. The first kappa shape index (κ1) is 12.4. The van der Waals surface area contributed by atoms with Crippen molar-refractivity contribution in [1.82, 2.24) is 0 Å². The Labute approximate surface area is 118 Å². The van der Waals surface area contributed by atoms with Gasteiger partial charge in [-0.3, -0.25) is 9.69 Å². The van der Waals surface area contributed by atoms with Crippen molar-refractivity contribution in [3.8, 4) is 0 Å². The van der Waals surface area contributed by atoms with Gasteiger partial charge in [-0.1, -0.05) is 54.6 Å². The van der Waals surface area contributed by atoms with E-state index >= 15 is 0 Å². The summed E-state index contributed by atoms with van der Waals surface area (Å²) in [5, 5.41) is 2.21. The molecule has 0 atom stereocenters. The summed E-state index contributed by atoms with van der Waals surface area (Å²) >= 11 is 0. The van der Waals surface area contributed by atoms with Crippen molar-refractivity contribution in [2.75, 3.05) is 4.90 Å². The van der Waals surface area contributed by atoms with Gasteiger partial charge in [-0.15, -0.1) is 0 Å². The highest BCUT2D eigenvalue weighted by Crippen LogP contribution is 2.32. The van der Waals surface area contributed by atoms with E-state index in [1.807, 2.05) is 60.7 Å². The maximum absolute atomic E-state index is 12.1. The van der Waals surface area contributed by atoms with Crippen LogP contribution < -0.4 is 4.90 Å². The van der Waals surface area contributed by atoms with Crippen molar-refractivity contribution in [2.24, 2.45) is 0 Å². The summed E-state index contributed by atoms with van der Waals surface area (Å²) in [6.07, 6.45) is 0. The predicted octanol–water partition coefficient (Wildman–Crippen LogP) is 4.52. The molecule has 0 heterocycles. The summed E-state index contributed by atoms with van der Waals surface area (Å²) in [6, 6.07) is 23.9. The highest BCUT2D eigenvalue weighted by molar-refractivity contribution is 6.07. The van der Waals surface area contributed by atoms with Gasteiger partial charge in [-0.25, -0.2) is 0 Å². The van der Waals surface area contributed by atoms with Crippen LogP contribution in [0.4, 0.5) is 11.4 Å². The van der Waals surface area contributed by atoms with Crippen molar-refractivity contribution in [2.45, 2.75) is 6.92 Å². The van der Waals surface area contributed by atoms with Gasteiger partial charge in [0.25, 0.3) is 0 Å². The van der Waals surface area contributed by atoms with Gasteiger partial charge in [0.15, 0.2) is 0 Å². The Bertz CT molecular complexity index is 744. The van der Waals surface area contributed by atoms with E-state index in [4.69, 9.17) is 0 Å². The number of nitrogens with zero attached hydrogens (tertiary/aromatic N) is 1. The second kappa shape index (κ2) is 5.17. The first-order valence-electron chi connectivity index (χ1n) is 6.61. The second-order valence-electron chi connectivity index (χ2n) is 4.69. The van der Waals surface area contributed by atoms with Crippen LogP contribution in [-0.4, -0.2) is 5.91 Å². The average Bonchev–Trinajstić information content (AvgIpc) is 2.48. The summed E-state index contributed by atoms with van der Waals surface area (Å²) in [6.45, 7) is 1.59. The molecule has 3 aromatic carbocycles. The van der Waals surface area contributed by atoms with Crippen LogP contribution in [0.3, 0.4) is 0 Å². The lowest BCUT2D eigenvalue weighted by Gasteiger charge is -2.23. The average molecular weight is 261 g/mol. The molecule has 0 aliphatic carbocycles. The Balaban J connectivity index is 2.23. The lowest BCUT2D eigenvalue weighted by molar-refractivity contribution is -0.115. The normalized spacial score (nSPS) is 10.4. The minimum atomic E-state index is 0.00699. The number of hydrogen-bond donors (Lipinski definition) is 0. The fourth-order valence-corrected chi connectivity index (χ4v) is 2.47. The lowest BCUT2D eigenvalue weighted by atomic mass is 10.1. The van der Waals surface area contributed by atoms with Gasteiger partial charge in [0, 0.05) is 18.0 Å². The predicted molar refractivity (Wildman–Crippen MR) is 83.2 cm³/mol. The molecule has 0 unspecified atom stereocenters. The van der Waals surface area contributed by atoms with Crippen molar-refractivity contribution < 1.29 is 4.79 Å². The molecule has 0 aromatic heterocycles. The van der Waals surface area contributed by atoms with E-state index in [9.17, 15) is 4.79 Å². The summed E-state index contributed by atoms with van der Waals surface area (Å²) in [5.74, 6) is 0.00699. The highest BCUT2D eigenvalue weighted by atomic mass is 16.2. The molecule has 1 amide bonds. The van der Waals surface area contributed by atoms with Crippen molar-refractivity contribution in [3.05, 3.63) is 72.8 Å². The third kappa shape index (κ3) is 2.16. The molecule has 0 aliphatic rings. The zero-order valence-electron chi connectivity index (χ0n) is 11.3. The molecule has 0 aliphatic heterocycles. The van der Waals surface area contributed by atoms with Crippen LogP contribution in [0, 0.1) is 0 Å². The maximum atomic E-state index is 12.1. The topological polar surface area (TPSA) is 20.3 Å².